The summed E-state index contributed by atoms with van der Waals surface area (Å²) in [4.78, 5) is 17.3. The number of halogens is 6. The number of benzene rings is 1. The first-order valence-electron chi connectivity index (χ1n) is 10.8. The highest BCUT2D eigenvalue weighted by Gasteiger charge is 2.50. The molecule has 14 heteroatoms. The number of amides is 1. The first kappa shape index (κ1) is 27.4. The lowest BCUT2D eigenvalue weighted by Gasteiger charge is -2.21. The van der Waals surface area contributed by atoms with Gasteiger partial charge in [0, 0.05) is 25.6 Å². The normalized spacial score (nSPS) is 18.5. The summed E-state index contributed by atoms with van der Waals surface area (Å²) in [5, 5.41) is 5.45. The topological polar surface area (TPSA) is 74.3 Å². The van der Waals surface area contributed by atoms with Crippen molar-refractivity contribution in [3.8, 4) is 11.3 Å². The number of hydrogen-bond donors (Lipinski definition) is 2. The highest BCUT2D eigenvalue weighted by atomic mass is 35.5. The fourth-order valence-corrected chi connectivity index (χ4v) is 6.67. The van der Waals surface area contributed by atoms with E-state index in [0.29, 0.717) is 27.0 Å². The average molecular weight is 579 g/mol. The fourth-order valence-electron chi connectivity index (χ4n) is 3.79. The lowest BCUT2D eigenvalue weighted by atomic mass is 10.1. The van der Waals surface area contributed by atoms with Gasteiger partial charge in [0.25, 0.3) is 5.92 Å². The number of anilines is 1. The molecule has 2 N–H and O–H groups in total. The third-order valence-corrected chi connectivity index (χ3v) is 8.57. The minimum absolute atomic E-state index is 0.0724. The molecule has 1 amide bonds. The number of nitrogens with one attached hydrogen (secondary N) is 2. The minimum atomic E-state index is -4.47. The van der Waals surface area contributed by atoms with Crippen LogP contribution in [0.1, 0.15) is 17.5 Å². The molecule has 37 heavy (non-hydrogen) atoms. The average Bonchev–Trinajstić information content (AvgIpc) is 3.43. The van der Waals surface area contributed by atoms with Crippen molar-refractivity contribution in [2.45, 2.75) is 35.3 Å². The molecule has 0 radical (unpaired) electrons. The van der Waals surface area contributed by atoms with E-state index in [4.69, 9.17) is 11.6 Å². The smallest absolute Gasteiger partial charge is 0.373 e. The Kier molecular flexibility index (Phi) is 7.88. The van der Waals surface area contributed by atoms with Crippen LogP contribution in [0.4, 0.5) is 27.8 Å². The summed E-state index contributed by atoms with van der Waals surface area (Å²) in [7, 11) is -0.396. The van der Waals surface area contributed by atoms with Crippen molar-refractivity contribution in [1.29, 1.82) is 0 Å². The Morgan fingerprint density at radius 1 is 1.22 bits per heavy atom. The van der Waals surface area contributed by atoms with E-state index in [0.717, 1.165) is 27.8 Å². The van der Waals surface area contributed by atoms with Crippen LogP contribution in [0, 0.1) is 0 Å². The van der Waals surface area contributed by atoms with Crippen LogP contribution in [0.2, 0.25) is 4.34 Å². The predicted molar refractivity (Wildman–Crippen MR) is 132 cm³/mol. The van der Waals surface area contributed by atoms with Gasteiger partial charge in [-0.2, -0.15) is 13.2 Å². The molecule has 4 rings (SSSR count). The van der Waals surface area contributed by atoms with E-state index in [1.165, 1.54) is 24.3 Å². The van der Waals surface area contributed by atoms with Gasteiger partial charge < -0.3 is 10.6 Å². The molecule has 198 valence electrons. The fraction of sp³-hybridized carbons (Fsp3) is 0.304. The van der Waals surface area contributed by atoms with Gasteiger partial charge in [-0.05, 0) is 42.0 Å². The van der Waals surface area contributed by atoms with Crippen LogP contribution < -0.4 is 10.6 Å². The van der Waals surface area contributed by atoms with Crippen molar-refractivity contribution in [3.05, 3.63) is 64.0 Å². The molecule has 1 fully saturated rings. The van der Waals surface area contributed by atoms with Crippen LogP contribution in [0.25, 0.3) is 11.3 Å². The zero-order valence-electron chi connectivity index (χ0n) is 19.1. The molecular formula is C23H20ClF5N4O2S2. The van der Waals surface area contributed by atoms with Gasteiger partial charge in [-0.25, -0.2) is 22.3 Å². The zero-order valence-corrected chi connectivity index (χ0v) is 21.5. The number of hydrogen-bond acceptors (Lipinski definition) is 5. The maximum absolute atomic E-state index is 14.2. The second-order valence-corrected chi connectivity index (χ2v) is 11.6. The first-order valence-corrected chi connectivity index (χ1v) is 13.1. The van der Waals surface area contributed by atoms with Crippen LogP contribution in [0.5, 0.6) is 0 Å². The Morgan fingerprint density at radius 2 is 1.92 bits per heavy atom. The Morgan fingerprint density at radius 3 is 2.51 bits per heavy atom. The van der Waals surface area contributed by atoms with Gasteiger partial charge >= 0.3 is 6.18 Å². The van der Waals surface area contributed by atoms with E-state index in [2.05, 4.69) is 15.6 Å². The molecule has 6 nitrogen and oxygen atoms in total. The molecule has 3 heterocycles. The third kappa shape index (κ3) is 6.46. The van der Waals surface area contributed by atoms with Crippen LogP contribution in [-0.2, 0) is 28.5 Å². The highest BCUT2D eigenvalue weighted by molar-refractivity contribution is 7.85. The molecule has 2 aromatic heterocycles. The number of aromatic nitrogens is 1. The van der Waals surface area contributed by atoms with E-state index in [-0.39, 0.29) is 10.8 Å². The van der Waals surface area contributed by atoms with E-state index in [9.17, 15) is 31.0 Å². The SMILES string of the molecule is CNc1cc(CNC(=O)C2CC(F)(F)CN2S(=O)c2ccc(Cl)s2)cc(-c2ccc(C(F)(F)F)cc2)n1. The maximum Gasteiger partial charge on any atom is 0.416 e. The van der Waals surface area contributed by atoms with Gasteiger partial charge in [-0.15, -0.1) is 11.3 Å². The van der Waals surface area contributed by atoms with E-state index < -0.39 is 53.6 Å². The molecule has 0 aliphatic carbocycles. The first-order chi connectivity index (χ1) is 17.4. The van der Waals surface area contributed by atoms with Crippen LogP contribution in [-0.4, -0.2) is 45.0 Å². The van der Waals surface area contributed by atoms with E-state index >= 15 is 0 Å². The van der Waals surface area contributed by atoms with Gasteiger partial charge in [0.1, 0.15) is 27.1 Å². The van der Waals surface area contributed by atoms with Crippen LogP contribution >= 0.6 is 22.9 Å². The minimum Gasteiger partial charge on any atom is -0.373 e. The Balaban J connectivity index is 1.51. The number of thiophene rings is 1. The zero-order chi connectivity index (χ0) is 27.0. The second-order valence-electron chi connectivity index (χ2n) is 8.25. The lowest BCUT2D eigenvalue weighted by molar-refractivity contribution is -0.137. The van der Waals surface area contributed by atoms with Gasteiger partial charge in [-0.1, -0.05) is 23.7 Å². The number of nitrogens with zero attached hydrogens (tertiary/aromatic N) is 2. The Hall–Kier alpha value is -2.61. The van der Waals surface area contributed by atoms with Crippen molar-refractivity contribution < 1.29 is 31.0 Å². The summed E-state index contributed by atoms with van der Waals surface area (Å²) in [5.41, 5.74) is 0.512. The Labute approximate surface area is 220 Å². The standard InChI is InChI=1S/C23H20ClF5N4O2S2/c1-30-19-9-13(8-16(32-19)14-2-4-15(5-3-14)23(27,28)29)11-31-21(34)17-10-22(25,26)12-33(17)37(35)20-7-6-18(24)36-20/h2-9,17H,10-12H2,1H3,(H,30,32)(H,31,34). The molecule has 3 aromatic rings. The largest absolute Gasteiger partial charge is 0.416 e. The predicted octanol–water partition coefficient (Wildman–Crippen LogP) is 5.57. The molecule has 2 unspecified atom stereocenters. The number of rotatable bonds is 7. The van der Waals surface area contributed by atoms with Gasteiger partial charge in [0.05, 0.1) is 22.1 Å². The molecule has 2 atom stereocenters. The van der Waals surface area contributed by atoms with Crippen molar-refractivity contribution >= 4 is 45.6 Å². The summed E-state index contributed by atoms with van der Waals surface area (Å²) in [6, 6.07) is 9.29. The monoisotopic (exact) mass is 578 g/mol. The molecule has 1 saturated heterocycles. The van der Waals surface area contributed by atoms with Crippen LogP contribution in [0.15, 0.2) is 52.7 Å². The Bertz CT molecular complexity index is 1320. The third-order valence-electron chi connectivity index (χ3n) is 5.58. The second kappa shape index (κ2) is 10.6. The molecule has 1 aromatic carbocycles. The lowest BCUT2D eigenvalue weighted by Crippen LogP contribution is -2.43. The quantitative estimate of drug-likeness (QED) is 0.359. The van der Waals surface area contributed by atoms with E-state index in [1.54, 1.807) is 19.2 Å². The number of pyridine rings is 1. The van der Waals surface area contributed by atoms with E-state index in [1.807, 2.05) is 0 Å². The summed E-state index contributed by atoms with van der Waals surface area (Å²) in [6.45, 7) is -0.915. The number of alkyl halides is 5. The summed E-state index contributed by atoms with van der Waals surface area (Å²) in [5.74, 6) is -3.54. The molecule has 0 bridgehead atoms. The summed E-state index contributed by atoms with van der Waals surface area (Å²) >= 11 is 6.85. The molecular weight excluding hydrogens is 559 g/mol. The summed E-state index contributed by atoms with van der Waals surface area (Å²) in [6.07, 6.45) is -5.27. The van der Waals surface area contributed by atoms with Gasteiger partial charge in [0.2, 0.25) is 5.91 Å². The van der Waals surface area contributed by atoms with Crippen molar-refractivity contribution in [1.82, 2.24) is 14.6 Å². The van der Waals surface area contributed by atoms with Gasteiger partial charge in [0.15, 0.2) is 0 Å². The summed E-state index contributed by atoms with van der Waals surface area (Å²) < 4.78 is 81.6. The van der Waals surface area contributed by atoms with Crippen molar-refractivity contribution in [2.24, 2.45) is 0 Å². The molecule has 0 saturated carbocycles. The van der Waals surface area contributed by atoms with Crippen molar-refractivity contribution in [3.63, 3.8) is 0 Å². The number of carbonyl (C=O) groups is 1. The van der Waals surface area contributed by atoms with Crippen LogP contribution in [0.3, 0.4) is 0 Å². The molecule has 1 aliphatic heterocycles. The highest BCUT2D eigenvalue weighted by Crippen LogP contribution is 2.37. The maximum atomic E-state index is 14.2. The molecule has 0 spiro atoms. The number of carbonyl (C=O) groups excluding carboxylic acids is 1. The van der Waals surface area contributed by atoms with Crippen molar-refractivity contribution in [2.75, 3.05) is 18.9 Å². The van der Waals surface area contributed by atoms with Gasteiger partial charge in [-0.3, -0.25) is 4.79 Å². The molecule has 1 aliphatic rings.